The molecule has 0 bridgehead atoms. The monoisotopic (exact) mass is 423 g/mol. The van der Waals surface area contributed by atoms with Crippen LogP contribution >= 0.6 is 0 Å². The summed E-state index contributed by atoms with van der Waals surface area (Å²) in [7, 11) is 0. The van der Waals surface area contributed by atoms with E-state index >= 15 is 0 Å². The van der Waals surface area contributed by atoms with Crippen LogP contribution in [0, 0.1) is 12.8 Å². The molecule has 1 heterocycles. The van der Waals surface area contributed by atoms with E-state index in [9.17, 15) is 9.59 Å². The Morgan fingerprint density at radius 3 is 2.29 bits per heavy atom. The van der Waals surface area contributed by atoms with Crippen molar-refractivity contribution in [1.82, 2.24) is 10.2 Å². The standard InChI is InChI=1S/C25H33N3O3/c1-18(2)31-23-10-6-21(7-11-23)17-26-24(29)16-20-12-14-28(15-13-20)25(30)27-22-8-4-19(3)5-9-22/h4-11,18,20H,12-17H2,1-3H3,(H,26,29)(H,27,30). The minimum Gasteiger partial charge on any atom is -0.491 e. The number of nitrogens with zero attached hydrogens (tertiary/aromatic N) is 1. The van der Waals surface area contributed by atoms with Crippen LogP contribution in [0.25, 0.3) is 0 Å². The number of ether oxygens (including phenoxy) is 1. The number of nitrogens with one attached hydrogen (secondary N) is 2. The number of hydrogen-bond donors (Lipinski definition) is 2. The number of aryl methyl sites for hydroxylation is 1. The summed E-state index contributed by atoms with van der Waals surface area (Å²) in [6, 6.07) is 15.5. The molecular formula is C25H33N3O3. The second-order valence-corrected chi connectivity index (χ2v) is 8.52. The van der Waals surface area contributed by atoms with Crippen LogP contribution in [-0.4, -0.2) is 36.0 Å². The van der Waals surface area contributed by atoms with Crippen molar-refractivity contribution in [3.63, 3.8) is 0 Å². The lowest BCUT2D eigenvalue weighted by atomic mass is 9.93. The van der Waals surface area contributed by atoms with Crippen LogP contribution < -0.4 is 15.4 Å². The maximum Gasteiger partial charge on any atom is 0.321 e. The van der Waals surface area contributed by atoms with Crippen molar-refractivity contribution in [2.75, 3.05) is 18.4 Å². The SMILES string of the molecule is Cc1ccc(NC(=O)N2CCC(CC(=O)NCc3ccc(OC(C)C)cc3)CC2)cc1. The molecule has 1 fully saturated rings. The van der Waals surface area contributed by atoms with Crippen molar-refractivity contribution in [2.45, 2.75) is 52.7 Å². The van der Waals surface area contributed by atoms with E-state index in [4.69, 9.17) is 4.74 Å². The summed E-state index contributed by atoms with van der Waals surface area (Å²) in [5, 5.41) is 5.95. The second kappa shape index (κ2) is 10.8. The third kappa shape index (κ3) is 7.31. The van der Waals surface area contributed by atoms with Crippen LogP contribution in [0.2, 0.25) is 0 Å². The summed E-state index contributed by atoms with van der Waals surface area (Å²) in [5.41, 5.74) is 3.02. The van der Waals surface area contributed by atoms with Gasteiger partial charge in [-0.25, -0.2) is 4.79 Å². The van der Waals surface area contributed by atoms with Gasteiger partial charge in [0.1, 0.15) is 5.75 Å². The van der Waals surface area contributed by atoms with Crippen molar-refractivity contribution in [2.24, 2.45) is 5.92 Å². The van der Waals surface area contributed by atoms with Gasteiger partial charge in [-0.05, 0) is 69.4 Å². The molecule has 2 aromatic rings. The molecule has 1 aliphatic heterocycles. The van der Waals surface area contributed by atoms with E-state index in [0.29, 0.717) is 32.0 Å². The van der Waals surface area contributed by atoms with Gasteiger partial charge < -0.3 is 20.3 Å². The lowest BCUT2D eigenvalue weighted by Crippen LogP contribution is -2.41. The van der Waals surface area contributed by atoms with Gasteiger partial charge in [-0.3, -0.25) is 4.79 Å². The third-order valence-electron chi connectivity index (χ3n) is 5.46. The van der Waals surface area contributed by atoms with E-state index < -0.39 is 0 Å². The summed E-state index contributed by atoms with van der Waals surface area (Å²) in [4.78, 5) is 26.6. The molecule has 0 radical (unpaired) electrons. The zero-order chi connectivity index (χ0) is 22.2. The van der Waals surface area contributed by atoms with Crippen LogP contribution in [-0.2, 0) is 11.3 Å². The Bertz CT molecular complexity index is 855. The molecular weight excluding hydrogens is 390 g/mol. The highest BCUT2D eigenvalue weighted by molar-refractivity contribution is 5.89. The first-order valence-corrected chi connectivity index (χ1v) is 11.0. The smallest absolute Gasteiger partial charge is 0.321 e. The number of anilines is 1. The molecule has 3 amide bonds. The molecule has 0 unspecified atom stereocenters. The number of rotatable bonds is 7. The Labute approximate surface area is 185 Å². The molecule has 6 nitrogen and oxygen atoms in total. The average Bonchev–Trinajstić information content (AvgIpc) is 2.75. The lowest BCUT2D eigenvalue weighted by Gasteiger charge is -2.31. The van der Waals surface area contributed by atoms with Gasteiger partial charge in [0.05, 0.1) is 6.10 Å². The predicted octanol–water partition coefficient (Wildman–Crippen LogP) is 4.73. The highest BCUT2D eigenvalue weighted by Crippen LogP contribution is 2.21. The van der Waals surface area contributed by atoms with Gasteiger partial charge in [0.15, 0.2) is 0 Å². The number of benzene rings is 2. The molecule has 0 spiro atoms. The molecule has 0 aromatic heterocycles. The molecule has 31 heavy (non-hydrogen) atoms. The number of likely N-dealkylation sites (tertiary alicyclic amines) is 1. The van der Waals surface area contributed by atoms with Crippen LogP contribution in [0.5, 0.6) is 5.75 Å². The highest BCUT2D eigenvalue weighted by Gasteiger charge is 2.24. The van der Waals surface area contributed by atoms with Crippen LogP contribution in [0.4, 0.5) is 10.5 Å². The molecule has 0 atom stereocenters. The van der Waals surface area contributed by atoms with E-state index in [1.807, 2.05) is 74.2 Å². The first-order chi connectivity index (χ1) is 14.9. The van der Waals surface area contributed by atoms with Crippen molar-refractivity contribution < 1.29 is 14.3 Å². The van der Waals surface area contributed by atoms with Crippen molar-refractivity contribution >= 4 is 17.6 Å². The number of urea groups is 1. The van der Waals surface area contributed by atoms with Crippen molar-refractivity contribution in [3.05, 3.63) is 59.7 Å². The van der Waals surface area contributed by atoms with Gasteiger partial charge >= 0.3 is 6.03 Å². The summed E-state index contributed by atoms with van der Waals surface area (Å²) in [6.45, 7) is 7.87. The van der Waals surface area contributed by atoms with E-state index in [-0.39, 0.29) is 18.0 Å². The summed E-state index contributed by atoms with van der Waals surface area (Å²) >= 11 is 0. The summed E-state index contributed by atoms with van der Waals surface area (Å²) in [6.07, 6.45) is 2.33. The van der Waals surface area contributed by atoms with Gasteiger partial charge in [-0.1, -0.05) is 29.8 Å². The van der Waals surface area contributed by atoms with Gasteiger partial charge in [0, 0.05) is 31.7 Å². The molecule has 0 saturated carbocycles. The third-order valence-corrected chi connectivity index (χ3v) is 5.46. The quantitative estimate of drug-likeness (QED) is 0.676. The molecule has 0 aliphatic carbocycles. The average molecular weight is 424 g/mol. The van der Waals surface area contributed by atoms with Gasteiger partial charge in [0.25, 0.3) is 0 Å². The Kier molecular flexibility index (Phi) is 7.93. The normalized spacial score (nSPS) is 14.4. The van der Waals surface area contributed by atoms with E-state index in [0.717, 1.165) is 35.4 Å². The fraction of sp³-hybridized carbons (Fsp3) is 0.440. The first-order valence-electron chi connectivity index (χ1n) is 11.0. The van der Waals surface area contributed by atoms with E-state index in [1.165, 1.54) is 0 Å². The highest BCUT2D eigenvalue weighted by atomic mass is 16.5. The van der Waals surface area contributed by atoms with Gasteiger partial charge in [-0.15, -0.1) is 0 Å². The largest absolute Gasteiger partial charge is 0.491 e. The maximum absolute atomic E-state index is 12.5. The number of carbonyl (C=O) groups excluding carboxylic acids is 2. The van der Waals surface area contributed by atoms with Crippen molar-refractivity contribution in [3.8, 4) is 5.75 Å². The second-order valence-electron chi connectivity index (χ2n) is 8.52. The Morgan fingerprint density at radius 2 is 1.68 bits per heavy atom. The number of amides is 3. The van der Waals surface area contributed by atoms with E-state index in [1.54, 1.807) is 0 Å². The molecule has 2 aromatic carbocycles. The fourth-order valence-corrected chi connectivity index (χ4v) is 3.67. The summed E-state index contributed by atoms with van der Waals surface area (Å²) in [5.74, 6) is 1.21. The summed E-state index contributed by atoms with van der Waals surface area (Å²) < 4.78 is 5.64. The maximum atomic E-state index is 12.5. The van der Waals surface area contributed by atoms with Gasteiger partial charge in [-0.2, -0.15) is 0 Å². The first kappa shape index (κ1) is 22.7. The molecule has 166 valence electrons. The zero-order valence-electron chi connectivity index (χ0n) is 18.7. The van der Waals surface area contributed by atoms with Crippen LogP contribution in [0.1, 0.15) is 44.2 Å². The van der Waals surface area contributed by atoms with E-state index in [2.05, 4.69) is 10.6 Å². The van der Waals surface area contributed by atoms with Crippen LogP contribution in [0.15, 0.2) is 48.5 Å². The zero-order valence-corrected chi connectivity index (χ0v) is 18.7. The molecule has 1 saturated heterocycles. The minimum absolute atomic E-state index is 0.0602. The van der Waals surface area contributed by atoms with Crippen LogP contribution in [0.3, 0.4) is 0 Å². The predicted molar refractivity (Wildman–Crippen MR) is 123 cm³/mol. The topological polar surface area (TPSA) is 70.7 Å². The lowest BCUT2D eigenvalue weighted by molar-refractivity contribution is -0.122. The Morgan fingerprint density at radius 1 is 1.03 bits per heavy atom. The molecule has 3 rings (SSSR count). The fourth-order valence-electron chi connectivity index (χ4n) is 3.67. The number of piperidine rings is 1. The van der Waals surface area contributed by atoms with Gasteiger partial charge in [0.2, 0.25) is 5.91 Å². The molecule has 2 N–H and O–H groups in total. The number of carbonyl (C=O) groups is 2. The number of hydrogen-bond acceptors (Lipinski definition) is 3. The molecule has 1 aliphatic rings. The Hall–Kier alpha value is -3.02. The molecule has 6 heteroatoms. The Balaban J connectivity index is 1.36. The minimum atomic E-state index is -0.0725. The van der Waals surface area contributed by atoms with Crippen molar-refractivity contribution in [1.29, 1.82) is 0 Å².